The fourth-order valence-corrected chi connectivity index (χ4v) is 3.40. The van der Waals surface area contributed by atoms with Gasteiger partial charge in [0.05, 0.1) is 7.11 Å². The number of ether oxygens (including phenoxy) is 2. The Hall–Kier alpha value is -3.52. The van der Waals surface area contributed by atoms with E-state index in [1.807, 2.05) is 42.5 Å². The summed E-state index contributed by atoms with van der Waals surface area (Å²) in [5.41, 5.74) is 1.94. The molecule has 2 aromatic carbocycles. The minimum atomic E-state index is -0.705. The van der Waals surface area contributed by atoms with E-state index in [1.165, 1.54) is 11.3 Å². The van der Waals surface area contributed by atoms with Crippen molar-refractivity contribution in [1.29, 1.82) is 0 Å². The van der Waals surface area contributed by atoms with Gasteiger partial charge >= 0.3 is 5.97 Å². The predicted molar refractivity (Wildman–Crippen MR) is 108 cm³/mol. The minimum Gasteiger partial charge on any atom is -0.497 e. The highest BCUT2D eigenvalue weighted by Gasteiger charge is 2.22. The summed E-state index contributed by atoms with van der Waals surface area (Å²) in [6.45, 7) is 1.67. The normalized spacial score (nSPS) is 11.8. The topological polar surface area (TPSA) is 87.3 Å². The third kappa shape index (κ3) is 4.17. The van der Waals surface area contributed by atoms with Crippen LogP contribution in [0, 0.1) is 0 Å². The Kier molecular flexibility index (Phi) is 5.35. The van der Waals surface area contributed by atoms with E-state index in [-0.39, 0.29) is 11.6 Å². The van der Waals surface area contributed by atoms with Crippen molar-refractivity contribution < 1.29 is 18.7 Å². The zero-order chi connectivity index (χ0) is 20.2. The highest BCUT2D eigenvalue weighted by molar-refractivity contribution is 7.13. The van der Waals surface area contributed by atoms with Crippen LogP contribution in [0.5, 0.6) is 5.75 Å². The zero-order valence-corrected chi connectivity index (χ0v) is 16.6. The lowest BCUT2D eigenvalue weighted by molar-refractivity contribution is 0.0274. The third-order valence-corrected chi connectivity index (χ3v) is 5.03. The molecule has 0 spiro atoms. The van der Waals surface area contributed by atoms with Crippen molar-refractivity contribution in [2.45, 2.75) is 13.0 Å². The Morgan fingerprint density at radius 3 is 2.52 bits per heavy atom. The van der Waals surface area contributed by atoms with E-state index in [4.69, 9.17) is 13.9 Å². The molecule has 0 bridgehead atoms. The number of hydrogen-bond acceptors (Lipinski definition) is 8. The number of esters is 1. The molecule has 2 aromatic heterocycles. The van der Waals surface area contributed by atoms with Crippen LogP contribution in [0.1, 0.15) is 29.4 Å². The van der Waals surface area contributed by atoms with Crippen LogP contribution in [0.25, 0.3) is 22.0 Å². The van der Waals surface area contributed by atoms with Crippen LogP contribution < -0.4 is 4.74 Å². The Balaban J connectivity index is 1.44. The molecule has 7 nitrogen and oxygen atoms in total. The van der Waals surface area contributed by atoms with E-state index >= 15 is 0 Å². The number of rotatable bonds is 6. The van der Waals surface area contributed by atoms with Gasteiger partial charge in [-0.25, -0.2) is 9.78 Å². The molecule has 8 heteroatoms. The third-order valence-electron chi connectivity index (χ3n) is 4.14. The molecule has 1 atom stereocenters. The van der Waals surface area contributed by atoms with E-state index in [0.29, 0.717) is 5.89 Å². The van der Waals surface area contributed by atoms with Crippen LogP contribution in [0.4, 0.5) is 0 Å². The predicted octanol–water partition coefficient (Wildman–Crippen LogP) is 4.79. The molecule has 4 aromatic rings. The molecular weight excluding hydrogens is 390 g/mol. The number of hydrogen-bond donors (Lipinski definition) is 0. The maximum atomic E-state index is 12.4. The molecule has 0 aliphatic carbocycles. The summed E-state index contributed by atoms with van der Waals surface area (Å²) in [5, 5.41) is 10.4. The van der Waals surface area contributed by atoms with Crippen LogP contribution in [-0.4, -0.2) is 28.3 Å². The van der Waals surface area contributed by atoms with Crippen LogP contribution in [0.15, 0.2) is 64.4 Å². The quantitative estimate of drug-likeness (QED) is 0.425. The van der Waals surface area contributed by atoms with E-state index < -0.39 is 12.1 Å². The van der Waals surface area contributed by atoms with Gasteiger partial charge in [0.1, 0.15) is 10.8 Å². The summed E-state index contributed by atoms with van der Waals surface area (Å²) in [6.07, 6.45) is -0.705. The smallest absolute Gasteiger partial charge is 0.358 e. The lowest BCUT2D eigenvalue weighted by Crippen LogP contribution is -2.10. The average molecular weight is 407 g/mol. The molecule has 0 fully saturated rings. The SMILES string of the molecule is COc1ccc(-c2nnc([C@@H](C)OC(=O)c3csc(-c4ccccc4)n3)o2)cc1. The number of carbonyl (C=O) groups excluding carboxylic acids is 1. The monoisotopic (exact) mass is 407 g/mol. The van der Waals surface area contributed by atoms with Crippen LogP contribution >= 0.6 is 11.3 Å². The van der Waals surface area contributed by atoms with Gasteiger partial charge in [0, 0.05) is 16.5 Å². The fraction of sp³-hybridized carbons (Fsp3) is 0.143. The second-order valence-electron chi connectivity index (χ2n) is 6.13. The fourth-order valence-electron chi connectivity index (χ4n) is 2.60. The number of benzene rings is 2. The van der Waals surface area contributed by atoms with Crippen LogP contribution in [0.2, 0.25) is 0 Å². The standard InChI is InChI=1S/C21H17N3O4S/c1-13(18-23-24-19(28-18)14-8-10-16(26-2)11-9-14)27-21(25)17-12-29-20(22-17)15-6-4-3-5-7-15/h3-13H,1-2H3/t13-/m1/s1. The Morgan fingerprint density at radius 2 is 1.79 bits per heavy atom. The van der Waals surface area contributed by atoms with Gasteiger partial charge in [-0.1, -0.05) is 30.3 Å². The summed E-state index contributed by atoms with van der Waals surface area (Å²) in [7, 11) is 1.60. The van der Waals surface area contributed by atoms with Crippen molar-refractivity contribution >= 4 is 17.3 Å². The number of nitrogens with zero attached hydrogens (tertiary/aromatic N) is 3. The van der Waals surface area contributed by atoms with Crippen LogP contribution in [-0.2, 0) is 4.74 Å². The molecule has 2 heterocycles. The first-order valence-electron chi connectivity index (χ1n) is 8.84. The molecule has 4 rings (SSSR count). The van der Waals surface area contributed by atoms with E-state index in [0.717, 1.165) is 21.9 Å². The highest BCUT2D eigenvalue weighted by atomic mass is 32.1. The Morgan fingerprint density at radius 1 is 1.03 bits per heavy atom. The summed E-state index contributed by atoms with van der Waals surface area (Å²) in [4.78, 5) is 16.8. The maximum Gasteiger partial charge on any atom is 0.358 e. The molecule has 0 aliphatic rings. The summed E-state index contributed by atoms with van der Waals surface area (Å²) in [5.74, 6) is 0.738. The van der Waals surface area contributed by atoms with Crippen molar-refractivity contribution in [3.63, 3.8) is 0 Å². The van der Waals surface area contributed by atoms with Gasteiger partial charge < -0.3 is 13.9 Å². The van der Waals surface area contributed by atoms with E-state index in [1.54, 1.807) is 31.5 Å². The molecular formula is C21H17N3O4S. The Bertz CT molecular complexity index is 1110. The second kappa shape index (κ2) is 8.24. The molecule has 0 radical (unpaired) electrons. The van der Waals surface area contributed by atoms with Crippen molar-refractivity contribution in [2.75, 3.05) is 7.11 Å². The lowest BCUT2D eigenvalue weighted by Gasteiger charge is -2.07. The molecule has 0 saturated carbocycles. The minimum absolute atomic E-state index is 0.211. The van der Waals surface area contributed by atoms with Gasteiger partial charge in [0.25, 0.3) is 5.89 Å². The summed E-state index contributed by atoms with van der Waals surface area (Å²) >= 11 is 1.38. The van der Waals surface area contributed by atoms with Crippen LogP contribution in [0.3, 0.4) is 0 Å². The first kappa shape index (κ1) is 18.8. The van der Waals surface area contributed by atoms with Crippen molar-refractivity contribution in [3.8, 4) is 27.8 Å². The molecule has 0 aliphatic heterocycles. The number of thiazole rings is 1. The van der Waals surface area contributed by atoms with E-state index in [9.17, 15) is 4.79 Å². The average Bonchev–Trinajstić information content (AvgIpc) is 3.45. The molecule has 0 unspecified atom stereocenters. The molecule has 0 N–H and O–H groups in total. The molecule has 0 amide bonds. The number of methoxy groups -OCH3 is 1. The second-order valence-corrected chi connectivity index (χ2v) is 6.98. The first-order valence-corrected chi connectivity index (χ1v) is 9.72. The molecule has 29 heavy (non-hydrogen) atoms. The van der Waals surface area contributed by atoms with Crippen molar-refractivity contribution in [1.82, 2.24) is 15.2 Å². The van der Waals surface area contributed by atoms with Gasteiger partial charge in [-0.2, -0.15) is 0 Å². The lowest BCUT2D eigenvalue weighted by atomic mass is 10.2. The largest absolute Gasteiger partial charge is 0.497 e. The van der Waals surface area contributed by atoms with Gasteiger partial charge in [0.2, 0.25) is 5.89 Å². The van der Waals surface area contributed by atoms with Gasteiger partial charge in [-0.3, -0.25) is 0 Å². The summed E-state index contributed by atoms with van der Waals surface area (Å²) in [6, 6.07) is 16.9. The zero-order valence-electron chi connectivity index (χ0n) is 15.7. The number of aromatic nitrogens is 3. The van der Waals surface area contributed by atoms with E-state index in [2.05, 4.69) is 15.2 Å². The highest BCUT2D eigenvalue weighted by Crippen LogP contribution is 2.27. The maximum absolute atomic E-state index is 12.4. The van der Waals surface area contributed by atoms with Gasteiger partial charge in [-0.05, 0) is 31.2 Å². The van der Waals surface area contributed by atoms with Gasteiger partial charge in [0.15, 0.2) is 11.8 Å². The first-order chi connectivity index (χ1) is 14.1. The number of carbonyl (C=O) groups is 1. The van der Waals surface area contributed by atoms with Gasteiger partial charge in [-0.15, -0.1) is 21.5 Å². The Labute approximate surface area is 171 Å². The van der Waals surface area contributed by atoms with Crippen molar-refractivity contribution in [3.05, 3.63) is 71.6 Å². The van der Waals surface area contributed by atoms with Crippen molar-refractivity contribution in [2.24, 2.45) is 0 Å². The molecule has 146 valence electrons. The molecule has 0 saturated heterocycles. The summed E-state index contributed by atoms with van der Waals surface area (Å²) < 4.78 is 16.2.